The van der Waals surface area contributed by atoms with Gasteiger partial charge >= 0.3 is 5.97 Å². The van der Waals surface area contributed by atoms with Crippen molar-refractivity contribution in [2.45, 2.75) is 25.4 Å². The van der Waals surface area contributed by atoms with E-state index in [1.165, 1.54) is 4.90 Å². The largest absolute Gasteiger partial charge is 0.480 e. The predicted molar refractivity (Wildman–Crippen MR) is 83.8 cm³/mol. The van der Waals surface area contributed by atoms with E-state index in [0.717, 1.165) is 5.56 Å². The molecule has 2 heterocycles. The summed E-state index contributed by atoms with van der Waals surface area (Å²) in [5.74, 6) is -0.856. The normalized spacial score (nSPS) is 20.7. The van der Waals surface area contributed by atoms with Gasteiger partial charge in [0.15, 0.2) is 0 Å². The van der Waals surface area contributed by atoms with Crippen LogP contribution in [-0.2, 0) is 4.79 Å². The molecule has 2 atom stereocenters. The number of carbonyl (C=O) groups excluding carboxylic acids is 1. The van der Waals surface area contributed by atoms with Gasteiger partial charge in [0.1, 0.15) is 17.6 Å². The number of benzene rings is 1. The lowest BCUT2D eigenvalue weighted by Gasteiger charge is -2.20. The standard InChI is InChI=1S/C16H18N4O3/c1-9-13(19-14(18-9)10-5-3-2-4-6-10)15(21)20-8-11(17)7-12(20)16(22)23/h2-6,11-12H,7-8,17H2,1H3,(H,18,19)(H,22,23)/t11-,12-/m0/s1. The zero-order valence-electron chi connectivity index (χ0n) is 12.7. The van der Waals surface area contributed by atoms with Gasteiger partial charge in [-0.2, -0.15) is 0 Å². The molecule has 120 valence electrons. The first-order valence-corrected chi connectivity index (χ1v) is 7.38. The minimum atomic E-state index is -1.04. The van der Waals surface area contributed by atoms with Gasteiger partial charge in [0, 0.05) is 23.8 Å². The molecule has 2 aromatic rings. The average molecular weight is 314 g/mol. The summed E-state index contributed by atoms with van der Waals surface area (Å²) < 4.78 is 0. The summed E-state index contributed by atoms with van der Waals surface area (Å²) in [5.41, 5.74) is 7.53. The van der Waals surface area contributed by atoms with Crippen LogP contribution in [0.15, 0.2) is 30.3 Å². The number of aromatic nitrogens is 2. The molecule has 7 heteroatoms. The molecule has 0 spiro atoms. The van der Waals surface area contributed by atoms with Crippen molar-refractivity contribution >= 4 is 11.9 Å². The fourth-order valence-corrected chi connectivity index (χ4v) is 2.86. The number of amides is 1. The fourth-order valence-electron chi connectivity index (χ4n) is 2.86. The number of aromatic amines is 1. The lowest BCUT2D eigenvalue weighted by molar-refractivity contribution is -0.141. The highest BCUT2D eigenvalue weighted by Gasteiger charge is 2.39. The molecule has 1 aromatic carbocycles. The van der Waals surface area contributed by atoms with Crippen molar-refractivity contribution in [2.75, 3.05) is 6.54 Å². The van der Waals surface area contributed by atoms with Gasteiger partial charge in [0.25, 0.3) is 5.91 Å². The Bertz CT molecular complexity index is 741. The first-order chi connectivity index (χ1) is 11.0. The summed E-state index contributed by atoms with van der Waals surface area (Å²) in [4.78, 5) is 32.8. The number of imidazole rings is 1. The number of nitrogens with one attached hydrogen (secondary N) is 1. The van der Waals surface area contributed by atoms with Crippen LogP contribution >= 0.6 is 0 Å². The Morgan fingerprint density at radius 1 is 1.35 bits per heavy atom. The van der Waals surface area contributed by atoms with Crippen LogP contribution in [0.25, 0.3) is 11.4 Å². The van der Waals surface area contributed by atoms with Crippen molar-refractivity contribution in [1.29, 1.82) is 0 Å². The van der Waals surface area contributed by atoms with E-state index in [2.05, 4.69) is 9.97 Å². The molecule has 0 saturated carbocycles. The molecule has 23 heavy (non-hydrogen) atoms. The molecule has 3 rings (SSSR count). The highest BCUT2D eigenvalue weighted by atomic mass is 16.4. The third kappa shape index (κ3) is 2.83. The number of H-pyrrole nitrogens is 1. The highest BCUT2D eigenvalue weighted by molar-refractivity contribution is 5.97. The topological polar surface area (TPSA) is 112 Å². The lowest BCUT2D eigenvalue weighted by Crippen LogP contribution is -2.41. The van der Waals surface area contributed by atoms with Crippen LogP contribution < -0.4 is 5.73 Å². The highest BCUT2D eigenvalue weighted by Crippen LogP contribution is 2.23. The van der Waals surface area contributed by atoms with Crippen LogP contribution in [0.5, 0.6) is 0 Å². The number of aryl methyl sites for hydroxylation is 1. The number of likely N-dealkylation sites (tertiary alicyclic amines) is 1. The quantitative estimate of drug-likeness (QED) is 0.782. The van der Waals surface area contributed by atoms with Crippen LogP contribution in [0.1, 0.15) is 22.6 Å². The van der Waals surface area contributed by atoms with E-state index in [0.29, 0.717) is 11.5 Å². The molecule has 0 bridgehead atoms. The molecule has 1 amide bonds. The predicted octanol–water partition coefficient (Wildman–Crippen LogP) is 1.01. The van der Waals surface area contributed by atoms with Gasteiger partial charge in [-0.05, 0) is 13.3 Å². The number of carbonyl (C=O) groups is 2. The van der Waals surface area contributed by atoms with E-state index in [1.54, 1.807) is 6.92 Å². The Labute approximate surface area is 133 Å². The Balaban J connectivity index is 1.91. The maximum absolute atomic E-state index is 12.7. The number of aliphatic carboxylic acids is 1. The molecule has 0 radical (unpaired) electrons. The number of rotatable bonds is 3. The van der Waals surface area contributed by atoms with E-state index in [9.17, 15) is 14.7 Å². The van der Waals surface area contributed by atoms with Crippen molar-refractivity contribution in [3.63, 3.8) is 0 Å². The first-order valence-electron chi connectivity index (χ1n) is 7.38. The number of nitrogens with two attached hydrogens (primary N) is 1. The average Bonchev–Trinajstić information content (AvgIpc) is 3.11. The number of hydrogen-bond acceptors (Lipinski definition) is 4. The molecular formula is C16H18N4O3. The molecule has 0 aliphatic carbocycles. The van der Waals surface area contributed by atoms with E-state index < -0.39 is 17.9 Å². The summed E-state index contributed by atoms with van der Waals surface area (Å²) in [7, 11) is 0. The summed E-state index contributed by atoms with van der Waals surface area (Å²) in [6, 6.07) is 8.22. The van der Waals surface area contributed by atoms with Crippen molar-refractivity contribution in [2.24, 2.45) is 5.73 Å². The molecule has 0 unspecified atom stereocenters. The van der Waals surface area contributed by atoms with Gasteiger partial charge in [-0.25, -0.2) is 9.78 Å². The van der Waals surface area contributed by atoms with Crippen LogP contribution in [0, 0.1) is 6.92 Å². The SMILES string of the molecule is Cc1[nH]c(-c2ccccc2)nc1C(=O)N1C[C@@H](N)C[C@H]1C(=O)O. The summed E-state index contributed by atoms with van der Waals surface area (Å²) in [6.45, 7) is 1.97. The van der Waals surface area contributed by atoms with E-state index in [-0.39, 0.29) is 24.7 Å². The minimum absolute atomic E-state index is 0.225. The van der Waals surface area contributed by atoms with Crippen LogP contribution in [-0.4, -0.2) is 50.5 Å². The lowest BCUT2D eigenvalue weighted by atomic mass is 10.2. The van der Waals surface area contributed by atoms with Gasteiger partial charge in [-0.3, -0.25) is 4.79 Å². The van der Waals surface area contributed by atoms with E-state index in [4.69, 9.17) is 5.73 Å². The minimum Gasteiger partial charge on any atom is -0.480 e. The van der Waals surface area contributed by atoms with Crippen molar-refractivity contribution in [3.8, 4) is 11.4 Å². The first kappa shape index (κ1) is 15.2. The van der Waals surface area contributed by atoms with Crippen molar-refractivity contribution < 1.29 is 14.7 Å². The smallest absolute Gasteiger partial charge is 0.326 e. The fraction of sp³-hybridized carbons (Fsp3) is 0.312. The zero-order valence-corrected chi connectivity index (χ0v) is 12.7. The van der Waals surface area contributed by atoms with Gasteiger partial charge in [0.05, 0.1) is 0 Å². The Kier molecular flexibility index (Phi) is 3.87. The number of hydrogen-bond donors (Lipinski definition) is 3. The number of nitrogens with zero attached hydrogens (tertiary/aromatic N) is 2. The van der Waals surface area contributed by atoms with E-state index >= 15 is 0 Å². The summed E-state index contributed by atoms with van der Waals surface area (Å²) in [6.07, 6.45) is 0.260. The molecular weight excluding hydrogens is 296 g/mol. The van der Waals surface area contributed by atoms with Gasteiger partial charge < -0.3 is 20.7 Å². The molecule has 7 nitrogen and oxygen atoms in total. The molecule has 1 aliphatic rings. The van der Waals surface area contributed by atoms with Gasteiger partial charge in [0.2, 0.25) is 0 Å². The van der Waals surface area contributed by atoms with Crippen molar-refractivity contribution in [3.05, 3.63) is 41.7 Å². The molecule has 1 saturated heterocycles. The van der Waals surface area contributed by atoms with Crippen molar-refractivity contribution in [1.82, 2.24) is 14.9 Å². The Hall–Kier alpha value is -2.67. The second-order valence-electron chi connectivity index (χ2n) is 5.73. The molecule has 1 fully saturated rings. The maximum atomic E-state index is 12.7. The number of carboxylic acids is 1. The van der Waals surface area contributed by atoms with Gasteiger partial charge in [-0.1, -0.05) is 30.3 Å². The second-order valence-corrected chi connectivity index (χ2v) is 5.73. The third-order valence-electron chi connectivity index (χ3n) is 4.01. The molecule has 4 N–H and O–H groups in total. The maximum Gasteiger partial charge on any atom is 0.326 e. The third-order valence-corrected chi connectivity index (χ3v) is 4.01. The van der Waals surface area contributed by atoms with Gasteiger partial charge in [-0.15, -0.1) is 0 Å². The van der Waals surface area contributed by atoms with E-state index in [1.807, 2.05) is 30.3 Å². The van der Waals surface area contributed by atoms with Crippen LogP contribution in [0.2, 0.25) is 0 Å². The summed E-state index contributed by atoms with van der Waals surface area (Å²) in [5, 5.41) is 9.27. The Morgan fingerprint density at radius 2 is 2.04 bits per heavy atom. The number of carboxylic acid groups (broad SMARTS) is 1. The molecule has 1 aromatic heterocycles. The summed E-state index contributed by atoms with van der Waals surface area (Å²) >= 11 is 0. The van der Waals surface area contributed by atoms with Crippen LogP contribution in [0.4, 0.5) is 0 Å². The Morgan fingerprint density at radius 3 is 2.70 bits per heavy atom. The second kappa shape index (κ2) is 5.85. The van der Waals surface area contributed by atoms with Crippen LogP contribution in [0.3, 0.4) is 0 Å². The zero-order chi connectivity index (χ0) is 16.6. The molecule has 1 aliphatic heterocycles. The monoisotopic (exact) mass is 314 g/mol.